The van der Waals surface area contributed by atoms with Crippen molar-refractivity contribution >= 4 is 48.6 Å². The highest BCUT2D eigenvalue weighted by Crippen LogP contribution is 2.56. The number of ketones is 2. The molecule has 266 valence electrons. The van der Waals surface area contributed by atoms with Crippen molar-refractivity contribution in [1.82, 2.24) is 0 Å². The quantitative estimate of drug-likeness (QED) is 0.0777. The summed E-state index contributed by atoms with van der Waals surface area (Å²) in [4.78, 5) is 28.6. The summed E-state index contributed by atoms with van der Waals surface area (Å²) in [5, 5.41) is 4.78. The molecular formula is C49H42O3P2. The molecule has 0 heterocycles. The van der Waals surface area contributed by atoms with E-state index < -0.39 is 15.8 Å². The molecule has 7 aromatic carbocycles. The summed E-state index contributed by atoms with van der Waals surface area (Å²) in [6, 6.07) is 68.0. The SMILES string of the molecule is COc1cc(C(CC(=O)c2ccccc2)P(c2ccccc2)c2ccccc2)cc(C(CC(=O)c2ccccc2)P(c2ccccc2)c2ccccc2)c1. The lowest BCUT2D eigenvalue weighted by molar-refractivity contribution is 0.0974. The van der Waals surface area contributed by atoms with E-state index in [1.54, 1.807) is 7.11 Å². The van der Waals surface area contributed by atoms with E-state index in [-0.39, 0.29) is 22.9 Å². The Morgan fingerprint density at radius 3 is 0.981 bits per heavy atom. The second kappa shape index (κ2) is 18.0. The Bertz CT molecular complexity index is 2010. The van der Waals surface area contributed by atoms with Gasteiger partial charge in [-0.1, -0.05) is 188 Å². The fourth-order valence-electron chi connectivity index (χ4n) is 7.07. The molecular weight excluding hydrogens is 698 g/mol. The normalized spacial score (nSPS) is 12.3. The zero-order valence-electron chi connectivity index (χ0n) is 30.2. The van der Waals surface area contributed by atoms with Gasteiger partial charge in [0, 0.05) is 35.3 Å². The number of hydrogen-bond donors (Lipinski definition) is 0. The van der Waals surface area contributed by atoms with Crippen LogP contribution in [0.2, 0.25) is 0 Å². The Kier molecular flexibility index (Phi) is 12.3. The predicted octanol–water partition coefficient (Wildman–Crippen LogP) is 10.6. The topological polar surface area (TPSA) is 43.4 Å². The van der Waals surface area contributed by atoms with Gasteiger partial charge in [-0.3, -0.25) is 9.59 Å². The summed E-state index contributed by atoms with van der Waals surface area (Å²) in [5.74, 6) is 0.899. The molecule has 0 saturated heterocycles. The van der Waals surface area contributed by atoms with Gasteiger partial charge in [0.2, 0.25) is 0 Å². The smallest absolute Gasteiger partial charge is 0.163 e. The van der Waals surface area contributed by atoms with Crippen LogP contribution in [0.1, 0.15) is 56.0 Å². The average molecular weight is 741 g/mol. The molecule has 0 amide bonds. The van der Waals surface area contributed by atoms with Crippen molar-refractivity contribution in [2.24, 2.45) is 0 Å². The standard InChI is InChI=1S/C49H42O3P2/c1-52-41-33-39(48(35-46(50)37-20-8-2-9-21-37)53(42-24-12-4-13-25-42)43-26-14-5-15-27-43)32-40(34-41)49(36-47(51)38-22-10-3-11-23-38)54(44-28-16-6-17-29-44)45-30-18-7-19-31-45/h2-34,48-49H,35-36H2,1H3. The first kappa shape index (κ1) is 36.9. The molecule has 7 rings (SSSR count). The number of rotatable bonds is 15. The van der Waals surface area contributed by atoms with Gasteiger partial charge in [-0.2, -0.15) is 0 Å². The van der Waals surface area contributed by atoms with E-state index in [1.807, 2.05) is 84.9 Å². The summed E-state index contributed by atoms with van der Waals surface area (Å²) in [6.45, 7) is 0. The predicted molar refractivity (Wildman–Crippen MR) is 227 cm³/mol. The first-order chi connectivity index (χ1) is 26.6. The van der Waals surface area contributed by atoms with Gasteiger partial charge in [-0.15, -0.1) is 0 Å². The van der Waals surface area contributed by atoms with Gasteiger partial charge in [0.05, 0.1) is 7.11 Å². The second-order valence-corrected chi connectivity index (χ2v) is 17.9. The zero-order chi connectivity index (χ0) is 37.1. The lowest BCUT2D eigenvalue weighted by Crippen LogP contribution is -2.21. The Morgan fingerprint density at radius 2 is 0.704 bits per heavy atom. The maximum absolute atomic E-state index is 14.3. The Morgan fingerprint density at radius 1 is 0.426 bits per heavy atom. The molecule has 0 fully saturated rings. The van der Waals surface area contributed by atoms with Crippen LogP contribution in [0.5, 0.6) is 5.75 Å². The first-order valence-corrected chi connectivity index (χ1v) is 21.1. The molecule has 0 aliphatic heterocycles. The highest BCUT2D eigenvalue weighted by atomic mass is 31.1. The van der Waals surface area contributed by atoms with Crippen LogP contribution in [0.3, 0.4) is 0 Å². The minimum atomic E-state index is -1.06. The molecule has 54 heavy (non-hydrogen) atoms. The maximum Gasteiger partial charge on any atom is 0.163 e. The van der Waals surface area contributed by atoms with Gasteiger partial charge in [-0.25, -0.2) is 0 Å². The minimum absolute atomic E-state index is 0.0935. The number of hydrogen-bond acceptors (Lipinski definition) is 3. The Hall–Kier alpha value is -5.46. The van der Waals surface area contributed by atoms with E-state index in [9.17, 15) is 9.59 Å². The number of carbonyl (C=O) groups is 2. The van der Waals surface area contributed by atoms with Crippen LogP contribution < -0.4 is 26.0 Å². The van der Waals surface area contributed by atoms with E-state index in [1.165, 1.54) is 21.2 Å². The van der Waals surface area contributed by atoms with Crippen molar-refractivity contribution in [3.05, 3.63) is 222 Å². The summed E-state index contributed by atoms with van der Waals surface area (Å²) in [7, 11) is -0.413. The molecule has 0 spiro atoms. The highest BCUT2D eigenvalue weighted by Gasteiger charge is 2.33. The van der Waals surface area contributed by atoms with E-state index in [2.05, 4.69) is 115 Å². The van der Waals surface area contributed by atoms with Crippen LogP contribution in [0.15, 0.2) is 200 Å². The summed E-state index contributed by atoms with van der Waals surface area (Å²) in [5.41, 5.74) is 3.09. The average Bonchev–Trinajstić information content (AvgIpc) is 3.25. The lowest BCUT2D eigenvalue weighted by atomic mass is 9.97. The molecule has 7 aromatic rings. The molecule has 2 atom stereocenters. The van der Waals surface area contributed by atoms with Gasteiger partial charge in [0.25, 0.3) is 0 Å². The molecule has 0 bridgehead atoms. The maximum atomic E-state index is 14.3. The van der Waals surface area contributed by atoms with Gasteiger partial charge in [-0.05, 0) is 60.3 Å². The summed E-state index contributed by atoms with van der Waals surface area (Å²) in [6.07, 6.45) is 0.623. The number of Topliss-reactive ketones (excluding diaryl/α,β-unsaturated/α-hetero) is 2. The van der Waals surface area contributed by atoms with Crippen molar-refractivity contribution < 1.29 is 14.3 Å². The fraction of sp³-hybridized carbons (Fsp3) is 0.102. The highest BCUT2D eigenvalue weighted by molar-refractivity contribution is 7.73. The van der Waals surface area contributed by atoms with Crippen molar-refractivity contribution in [3.63, 3.8) is 0 Å². The van der Waals surface area contributed by atoms with Crippen LogP contribution >= 0.6 is 15.8 Å². The van der Waals surface area contributed by atoms with E-state index >= 15 is 0 Å². The molecule has 0 N–H and O–H groups in total. The van der Waals surface area contributed by atoms with Crippen LogP contribution in [-0.4, -0.2) is 18.7 Å². The third-order valence-corrected chi connectivity index (χ3v) is 15.3. The second-order valence-electron chi connectivity index (χ2n) is 13.1. The van der Waals surface area contributed by atoms with Gasteiger partial charge >= 0.3 is 0 Å². The number of methoxy groups -OCH3 is 1. The molecule has 0 aliphatic carbocycles. The molecule has 3 nitrogen and oxygen atoms in total. The van der Waals surface area contributed by atoms with Crippen LogP contribution in [0, 0.1) is 0 Å². The summed E-state index contributed by atoms with van der Waals surface area (Å²) >= 11 is 0. The van der Waals surface area contributed by atoms with Gasteiger partial charge in [0.15, 0.2) is 11.6 Å². The van der Waals surface area contributed by atoms with Crippen molar-refractivity contribution in [1.29, 1.82) is 0 Å². The van der Waals surface area contributed by atoms with Gasteiger partial charge in [0.1, 0.15) is 5.75 Å². The van der Waals surface area contributed by atoms with E-state index in [4.69, 9.17) is 4.74 Å². The molecule has 0 radical (unpaired) electrons. The minimum Gasteiger partial charge on any atom is -0.497 e. The Labute approximate surface area is 321 Å². The zero-order valence-corrected chi connectivity index (χ0v) is 32.0. The van der Waals surface area contributed by atoms with Crippen LogP contribution in [-0.2, 0) is 0 Å². The van der Waals surface area contributed by atoms with Gasteiger partial charge < -0.3 is 4.74 Å². The number of carbonyl (C=O) groups excluding carboxylic acids is 2. The molecule has 0 aliphatic rings. The largest absolute Gasteiger partial charge is 0.497 e. The van der Waals surface area contributed by atoms with Crippen molar-refractivity contribution in [3.8, 4) is 5.75 Å². The number of benzene rings is 7. The summed E-state index contributed by atoms with van der Waals surface area (Å²) < 4.78 is 6.10. The van der Waals surface area contributed by atoms with Crippen LogP contribution in [0.4, 0.5) is 0 Å². The molecule has 0 aromatic heterocycles. The molecule has 0 saturated carbocycles. The van der Waals surface area contributed by atoms with Crippen LogP contribution in [0.25, 0.3) is 0 Å². The van der Waals surface area contributed by atoms with E-state index in [0.717, 1.165) is 11.1 Å². The van der Waals surface area contributed by atoms with Crippen molar-refractivity contribution in [2.45, 2.75) is 24.2 Å². The Balaban J connectivity index is 1.44. The lowest BCUT2D eigenvalue weighted by Gasteiger charge is -2.32. The molecule has 5 heteroatoms. The third-order valence-electron chi connectivity index (χ3n) is 9.67. The van der Waals surface area contributed by atoms with Crippen molar-refractivity contribution in [2.75, 3.05) is 7.11 Å². The monoisotopic (exact) mass is 740 g/mol. The first-order valence-electron chi connectivity index (χ1n) is 18.2. The number of ether oxygens (including phenoxy) is 1. The molecule has 2 unspecified atom stereocenters. The third kappa shape index (κ3) is 8.83. The van der Waals surface area contributed by atoms with E-state index in [0.29, 0.717) is 29.7 Å². The fourth-order valence-corrected chi connectivity index (χ4v) is 12.7.